The molecule has 0 aliphatic carbocycles. The standard InChI is InChI=1S/C14H15NS2/c1-2-7-13-11(5-1)15-12(6-3-9-16-13)14-8-4-10-17-14/h1-2,4-5,7-8,10,12,15H,3,6,9H2. The first kappa shape index (κ1) is 11.2. The molecule has 3 rings (SSSR count). The molecule has 0 fully saturated rings. The average Bonchev–Trinajstić information content (AvgIpc) is 2.83. The van der Waals surface area contributed by atoms with Crippen LogP contribution in [0.4, 0.5) is 5.69 Å². The molecule has 17 heavy (non-hydrogen) atoms. The lowest BCUT2D eigenvalue weighted by atomic mass is 10.1. The van der Waals surface area contributed by atoms with E-state index in [0.29, 0.717) is 6.04 Å². The van der Waals surface area contributed by atoms with E-state index in [1.54, 1.807) is 0 Å². The summed E-state index contributed by atoms with van der Waals surface area (Å²) in [6.45, 7) is 0. The fourth-order valence-electron chi connectivity index (χ4n) is 2.14. The van der Waals surface area contributed by atoms with E-state index < -0.39 is 0 Å². The first-order chi connectivity index (χ1) is 8.43. The number of thioether (sulfide) groups is 1. The molecule has 1 aromatic heterocycles. The molecule has 1 unspecified atom stereocenters. The Morgan fingerprint density at radius 2 is 2.06 bits per heavy atom. The third-order valence-electron chi connectivity index (χ3n) is 3.00. The first-order valence-corrected chi connectivity index (χ1v) is 7.82. The number of para-hydroxylation sites is 1. The Hall–Kier alpha value is -0.930. The zero-order valence-electron chi connectivity index (χ0n) is 9.56. The zero-order chi connectivity index (χ0) is 11.5. The lowest BCUT2D eigenvalue weighted by Crippen LogP contribution is -2.12. The van der Waals surface area contributed by atoms with Crippen molar-refractivity contribution >= 4 is 28.8 Å². The number of rotatable bonds is 1. The normalized spacial score (nSPS) is 19.9. The van der Waals surface area contributed by atoms with Crippen molar-refractivity contribution in [2.24, 2.45) is 0 Å². The first-order valence-electron chi connectivity index (χ1n) is 5.95. The summed E-state index contributed by atoms with van der Waals surface area (Å²) in [6, 6.07) is 13.5. The second kappa shape index (κ2) is 5.15. The van der Waals surface area contributed by atoms with Crippen molar-refractivity contribution in [3.8, 4) is 0 Å². The van der Waals surface area contributed by atoms with Gasteiger partial charge in [-0.15, -0.1) is 23.1 Å². The monoisotopic (exact) mass is 261 g/mol. The van der Waals surface area contributed by atoms with Crippen LogP contribution in [-0.2, 0) is 0 Å². The second-order valence-corrected chi connectivity index (χ2v) is 6.32. The van der Waals surface area contributed by atoms with Crippen LogP contribution in [0.1, 0.15) is 23.8 Å². The molecule has 1 N–H and O–H groups in total. The van der Waals surface area contributed by atoms with Gasteiger partial charge < -0.3 is 5.32 Å². The number of thiophene rings is 1. The van der Waals surface area contributed by atoms with Crippen LogP contribution in [0.2, 0.25) is 0 Å². The van der Waals surface area contributed by atoms with Crippen LogP contribution >= 0.6 is 23.1 Å². The van der Waals surface area contributed by atoms with Crippen LogP contribution in [-0.4, -0.2) is 5.75 Å². The minimum atomic E-state index is 0.483. The van der Waals surface area contributed by atoms with E-state index in [0.717, 1.165) is 0 Å². The largest absolute Gasteiger partial charge is 0.377 e. The highest BCUT2D eigenvalue weighted by atomic mass is 32.2. The molecule has 0 saturated carbocycles. The molecule has 3 heteroatoms. The fourth-order valence-corrected chi connectivity index (χ4v) is 3.94. The van der Waals surface area contributed by atoms with Crippen LogP contribution in [0.5, 0.6) is 0 Å². The molecule has 1 atom stereocenters. The third-order valence-corrected chi connectivity index (χ3v) is 5.14. The molecule has 1 nitrogen and oxygen atoms in total. The summed E-state index contributed by atoms with van der Waals surface area (Å²) in [5, 5.41) is 5.85. The minimum absolute atomic E-state index is 0.483. The molecule has 1 aromatic carbocycles. The Morgan fingerprint density at radius 3 is 2.94 bits per heavy atom. The molecule has 0 spiro atoms. The maximum absolute atomic E-state index is 3.69. The minimum Gasteiger partial charge on any atom is -0.377 e. The number of anilines is 1. The maximum atomic E-state index is 3.69. The molecule has 0 bridgehead atoms. The molecule has 2 heterocycles. The predicted octanol–water partition coefficient (Wildman–Crippen LogP) is 4.79. The van der Waals surface area contributed by atoms with Crippen LogP contribution in [0.3, 0.4) is 0 Å². The van der Waals surface area contributed by atoms with Crippen molar-refractivity contribution in [3.05, 3.63) is 46.7 Å². The van der Waals surface area contributed by atoms with E-state index in [4.69, 9.17) is 0 Å². The Morgan fingerprint density at radius 1 is 1.12 bits per heavy atom. The maximum Gasteiger partial charge on any atom is 0.0607 e. The molecule has 0 saturated heterocycles. The van der Waals surface area contributed by atoms with Gasteiger partial charge in [0.1, 0.15) is 0 Å². The molecule has 88 valence electrons. The van der Waals surface area contributed by atoms with Gasteiger partial charge in [-0.25, -0.2) is 0 Å². The molecule has 0 radical (unpaired) electrons. The number of hydrogen-bond donors (Lipinski definition) is 1. The van der Waals surface area contributed by atoms with Gasteiger partial charge in [-0.05, 0) is 42.2 Å². The van der Waals surface area contributed by atoms with Crippen LogP contribution in [0.15, 0.2) is 46.7 Å². The van der Waals surface area contributed by atoms with Gasteiger partial charge >= 0.3 is 0 Å². The van der Waals surface area contributed by atoms with Crippen molar-refractivity contribution < 1.29 is 0 Å². The summed E-state index contributed by atoms with van der Waals surface area (Å²) in [5.41, 5.74) is 1.29. The quantitative estimate of drug-likeness (QED) is 0.792. The smallest absolute Gasteiger partial charge is 0.0607 e. The fraction of sp³-hybridized carbons (Fsp3) is 0.286. The number of hydrogen-bond acceptors (Lipinski definition) is 3. The summed E-state index contributed by atoms with van der Waals surface area (Å²) in [6.07, 6.45) is 2.50. The van der Waals surface area contributed by atoms with E-state index in [2.05, 4.69) is 47.1 Å². The Bertz CT molecular complexity index is 479. The summed E-state index contributed by atoms with van der Waals surface area (Å²) >= 11 is 3.81. The lowest BCUT2D eigenvalue weighted by Gasteiger charge is -2.23. The number of nitrogens with one attached hydrogen (secondary N) is 1. The van der Waals surface area contributed by atoms with Gasteiger partial charge in [0.2, 0.25) is 0 Å². The zero-order valence-corrected chi connectivity index (χ0v) is 11.2. The van der Waals surface area contributed by atoms with Crippen molar-refractivity contribution in [2.45, 2.75) is 23.8 Å². The van der Waals surface area contributed by atoms with Gasteiger partial charge in [-0.2, -0.15) is 0 Å². The van der Waals surface area contributed by atoms with E-state index in [9.17, 15) is 0 Å². The Labute approximate surface area is 110 Å². The molecule has 1 aliphatic rings. The highest BCUT2D eigenvalue weighted by Gasteiger charge is 2.16. The summed E-state index contributed by atoms with van der Waals surface area (Å²) in [7, 11) is 0. The van der Waals surface area contributed by atoms with Crippen molar-refractivity contribution in [3.63, 3.8) is 0 Å². The average molecular weight is 261 g/mol. The molecular formula is C14H15NS2. The third kappa shape index (κ3) is 2.50. The Kier molecular flexibility index (Phi) is 3.39. The molecular weight excluding hydrogens is 246 g/mol. The van der Waals surface area contributed by atoms with Crippen molar-refractivity contribution in [1.82, 2.24) is 0 Å². The van der Waals surface area contributed by atoms with Crippen molar-refractivity contribution in [2.75, 3.05) is 11.1 Å². The number of fused-ring (bicyclic) bond motifs is 1. The van der Waals surface area contributed by atoms with Crippen molar-refractivity contribution in [1.29, 1.82) is 0 Å². The molecule has 2 aromatic rings. The summed E-state index contributed by atoms with van der Waals surface area (Å²) in [4.78, 5) is 2.83. The Balaban J connectivity index is 1.90. The number of benzene rings is 1. The van der Waals surface area contributed by atoms with Crippen LogP contribution in [0.25, 0.3) is 0 Å². The van der Waals surface area contributed by atoms with E-state index in [-0.39, 0.29) is 0 Å². The topological polar surface area (TPSA) is 12.0 Å². The predicted molar refractivity (Wildman–Crippen MR) is 77.1 cm³/mol. The SMILES string of the molecule is c1csc(C2CCCSc3ccccc3N2)c1. The van der Waals surface area contributed by atoms with Gasteiger partial charge in [0.15, 0.2) is 0 Å². The van der Waals surface area contributed by atoms with Gasteiger partial charge in [0.25, 0.3) is 0 Å². The van der Waals surface area contributed by atoms with Gasteiger partial charge in [-0.3, -0.25) is 0 Å². The molecule has 0 amide bonds. The van der Waals surface area contributed by atoms with E-state index in [1.807, 2.05) is 23.1 Å². The van der Waals surface area contributed by atoms with Gasteiger partial charge in [0.05, 0.1) is 6.04 Å². The highest BCUT2D eigenvalue weighted by Crippen LogP contribution is 2.36. The van der Waals surface area contributed by atoms with Crippen LogP contribution in [0, 0.1) is 0 Å². The van der Waals surface area contributed by atoms with E-state index >= 15 is 0 Å². The second-order valence-electron chi connectivity index (χ2n) is 4.20. The van der Waals surface area contributed by atoms with Gasteiger partial charge in [0, 0.05) is 15.5 Å². The van der Waals surface area contributed by atoms with Gasteiger partial charge in [-0.1, -0.05) is 18.2 Å². The van der Waals surface area contributed by atoms with E-state index in [1.165, 1.54) is 34.1 Å². The molecule has 1 aliphatic heterocycles. The lowest BCUT2D eigenvalue weighted by molar-refractivity contribution is 0.687. The van der Waals surface area contributed by atoms with Crippen LogP contribution < -0.4 is 5.32 Å². The summed E-state index contributed by atoms with van der Waals surface area (Å²) in [5.74, 6) is 1.22. The summed E-state index contributed by atoms with van der Waals surface area (Å²) < 4.78 is 0. The highest BCUT2D eigenvalue weighted by molar-refractivity contribution is 7.99.